The topological polar surface area (TPSA) is 116 Å². The number of aliphatic hydroxyl groups is 1. The van der Waals surface area contributed by atoms with Gasteiger partial charge in [0.05, 0.1) is 0 Å². The number of hydrogen-bond donors (Lipinski definition) is 3. The summed E-state index contributed by atoms with van der Waals surface area (Å²) in [6.45, 7) is 0. The second-order valence-corrected chi connectivity index (χ2v) is 6.65. The van der Waals surface area contributed by atoms with Crippen LogP contribution in [0.2, 0.25) is 0 Å². The SMILES string of the molecule is NC(=O)C(O)(c1ccccc1)c1ccccc1OC(=O)C(N)Cc1ccccc1. The number of esters is 1. The van der Waals surface area contributed by atoms with E-state index in [0.29, 0.717) is 6.42 Å². The molecule has 2 unspecified atom stereocenters. The predicted molar refractivity (Wildman–Crippen MR) is 109 cm³/mol. The molecule has 148 valence electrons. The van der Waals surface area contributed by atoms with Gasteiger partial charge < -0.3 is 21.3 Å². The average molecular weight is 390 g/mol. The van der Waals surface area contributed by atoms with Gasteiger partial charge in [-0.2, -0.15) is 0 Å². The van der Waals surface area contributed by atoms with Crippen LogP contribution in [0.15, 0.2) is 84.9 Å². The molecule has 0 aromatic heterocycles. The summed E-state index contributed by atoms with van der Waals surface area (Å²) < 4.78 is 5.47. The summed E-state index contributed by atoms with van der Waals surface area (Å²) in [5.41, 5.74) is 10.6. The maximum Gasteiger partial charge on any atom is 0.328 e. The highest BCUT2D eigenvalue weighted by Gasteiger charge is 2.41. The second-order valence-electron chi connectivity index (χ2n) is 6.65. The standard InChI is InChI=1S/C23H22N2O4/c24-19(15-16-9-3-1-4-10-16)21(26)29-20-14-8-7-13-18(20)23(28,22(25)27)17-11-5-2-6-12-17/h1-14,19,28H,15,24H2,(H2,25,27). The van der Waals surface area contributed by atoms with E-state index in [1.54, 1.807) is 42.5 Å². The number of hydrogen-bond acceptors (Lipinski definition) is 5. The Balaban J connectivity index is 1.90. The van der Waals surface area contributed by atoms with E-state index < -0.39 is 23.5 Å². The molecular weight excluding hydrogens is 368 g/mol. The number of ether oxygens (including phenoxy) is 1. The summed E-state index contributed by atoms with van der Waals surface area (Å²) in [6.07, 6.45) is 0.292. The molecule has 3 rings (SSSR count). The zero-order valence-electron chi connectivity index (χ0n) is 15.7. The van der Waals surface area contributed by atoms with Crippen molar-refractivity contribution in [1.29, 1.82) is 0 Å². The lowest BCUT2D eigenvalue weighted by atomic mass is 9.85. The van der Waals surface area contributed by atoms with Crippen molar-refractivity contribution in [3.05, 3.63) is 102 Å². The molecule has 3 aromatic carbocycles. The Morgan fingerprint density at radius 3 is 2.07 bits per heavy atom. The number of para-hydroxylation sites is 1. The number of amides is 1. The first kappa shape index (κ1) is 20.3. The molecule has 0 saturated heterocycles. The van der Waals surface area contributed by atoms with Crippen molar-refractivity contribution < 1.29 is 19.4 Å². The van der Waals surface area contributed by atoms with Crippen LogP contribution in [0, 0.1) is 0 Å². The molecule has 3 aromatic rings. The summed E-state index contributed by atoms with van der Waals surface area (Å²) in [5, 5.41) is 11.2. The van der Waals surface area contributed by atoms with Gasteiger partial charge in [0, 0.05) is 5.56 Å². The first-order valence-electron chi connectivity index (χ1n) is 9.11. The van der Waals surface area contributed by atoms with E-state index in [1.807, 2.05) is 30.3 Å². The van der Waals surface area contributed by atoms with Gasteiger partial charge in [-0.15, -0.1) is 0 Å². The molecule has 6 heteroatoms. The Morgan fingerprint density at radius 2 is 1.45 bits per heavy atom. The van der Waals surface area contributed by atoms with Crippen molar-refractivity contribution in [2.45, 2.75) is 18.1 Å². The summed E-state index contributed by atoms with van der Waals surface area (Å²) in [7, 11) is 0. The van der Waals surface area contributed by atoms with Crippen LogP contribution in [0.3, 0.4) is 0 Å². The van der Waals surface area contributed by atoms with E-state index in [9.17, 15) is 14.7 Å². The molecule has 2 atom stereocenters. The summed E-state index contributed by atoms with van der Waals surface area (Å²) in [4.78, 5) is 24.8. The van der Waals surface area contributed by atoms with Crippen LogP contribution in [-0.2, 0) is 21.6 Å². The van der Waals surface area contributed by atoms with Crippen LogP contribution in [0.4, 0.5) is 0 Å². The van der Waals surface area contributed by atoms with E-state index in [0.717, 1.165) is 5.56 Å². The normalized spacial score (nSPS) is 13.9. The first-order valence-corrected chi connectivity index (χ1v) is 9.11. The van der Waals surface area contributed by atoms with Crippen molar-refractivity contribution in [2.24, 2.45) is 11.5 Å². The van der Waals surface area contributed by atoms with Crippen LogP contribution < -0.4 is 16.2 Å². The number of nitrogens with two attached hydrogens (primary N) is 2. The Bertz CT molecular complexity index is 992. The summed E-state index contributed by atoms with van der Waals surface area (Å²) in [6, 6.07) is 22.9. The van der Waals surface area contributed by atoms with Gasteiger partial charge in [0.2, 0.25) is 0 Å². The Kier molecular flexibility index (Phi) is 6.07. The Hall–Kier alpha value is -3.48. The third kappa shape index (κ3) is 4.34. The summed E-state index contributed by atoms with van der Waals surface area (Å²) >= 11 is 0. The minimum Gasteiger partial charge on any atom is -0.425 e. The molecule has 0 aliphatic heterocycles. The van der Waals surface area contributed by atoms with E-state index in [2.05, 4.69) is 0 Å². The van der Waals surface area contributed by atoms with Crippen LogP contribution >= 0.6 is 0 Å². The fourth-order valence-electron chi connectivity index (χ4n) is 3.10. The highest BCUT2D eigenvalue weighted by Crippen LogP contribution is 2.35. The number of primary amides is 1. The number of benzene rings is 3. The minimum absolute atomic E-state index is 0.0196. The number of carbonyl (C=O) groups is 2. The van der Waals surface area contributed by atoms with Gasteiger partial charge >= 0.3 is 5.97 Å². The molecule has 0 fully saturated rings. The second kappa shape index (κ2) is 8.68. The maximum absolute atomic E-state index is 12.6. The monoisotopic (exact) mass is 390 g/mol. The molecule has 29 heavy (non-hydrogen) atoms. The van der Waals surface area contributed by atoms with E-state index in [1.165, 1.54) is 12.1 Å². The predicted octanol–water partition coefficient (Wildman–Crippen LogP) is 1.88. The largest absolute Gasteiger partial charge is 0.425 e. The van der Waals surface area contributed by atoms with Crippen LogP contribution in [0.5, 0.6) is 5.75 Å². The van der Waals surface area contributed by atoms with Crippen molar-refractivity contribution >= 4 is 11.9 Å². The van der Waals surface area contributed by atoms with Gasteiger partial charge in [0.1, 0.15) is 11.8 Å². The quantitative estimate of drug-likeness (QED) is 0.421. The van der Waals surface area contributed by atoms with Gasteiger partial charge in [-0.25, -0.2) is 4.79 Å². The molecule has 1 amide bonds. The highest BCUT2D eigenvalue weighted by atomic mass is 16.5. The molecule has 0 aliphatic rings. The van der Waals surface area contributed by atoms with Crippen LogP contribution in [0.1, 0.15) is 16.7 Å². The maximum atomic E-state index is 12.6. The molecule has 0 radical (unpaired) electrons. The summed E-state index contributed by atoms with van der Waals surface area (Å²) in [5.74, 6) is -1.65. The molecule has 5 N–H and O–H groups in total. The fourth-order valence-corrected chi connectivity index (χ4v) is 3.10. The zero-order chi connectivity index (χ0) is 20.9. The fraction of sp³-hybridized carbons (Fsp3) is 0.130. The third-order valence-electron chi connectivity index (χ3n) is 4.64. The molecule has 0 heterocycles. The van der Waals surface area contributed by atoms with Gasteiger partial charge in [0.25, 0.3) is 5.91 Å². The van der Waals surface area contributed by atoms with E-state index >= 15 is 0 Å². The smallest absolute Gasteiger partial charge is 0.328 e. The molecule has 0 aliphatic carbocycles. The van der Waals surface area contributed by atoms with E-state index in [4.69, 9.17) is 16.2 Å². The molecule has 6 nitrogen and oxygen atoms in total. The van der Waals surface area contributed by atoms with Crippen molar-refractivity contribution in [3.63, 3.8) is 0 Å². The third-order valence-corrected chi connectivity index (χ3v) is 4.64. The van der Waals surface area contributed by atoms with Crippen molar-refractivity contribution in [1.82, 2.24) is 0 Å². The molecule has 0 spiro atoms. The number of rotatable bonds is 7. The molecule has 0 bridgehead atoms. The van der Waals surface area contributed by atoms with Crippen molar-refractivity contribution in [3.8, 4) is 5.75 Å². The van der Waals surface area contributed by atoms with Crippen molar-refractivity contribution in [2.75, 3.05) is 0 Å². The van der Waals surface area contributed by atoms with Crippen LogP contribution in [0.25, 0.3) is 0 Å². The van der Waals surface area contributed by atoms with E-state index in [-0.39, 0.29) is 16.9 Å². The lowest BCUT2D eigenvalue weighted by Crippen LogP contribution is -2.43. The van der Waals surface area contributed by atoms with Gasteiger partial charge in [-0.3, -0.25) is 4.79 Å². The zero-order valence-corrected chi connectivity index (χ0v) is 15.7. The minimum atomic E-state index is -2.17. The lowest BCUT2D eigenvalue weighted by molar-refractivity contribution is -0.137. The van der Waals surface area contributed by atoms with Gasteiger partial charge in [0.15, 0.2) is 5.60 Å². The molecule has 0 saturated carbocycles. The van der Waals surface area contributed by atoms with Gasteiger partial charge in [-0.05, 0) is 23.6 Å². The number of carbonyl (C=O) groups excluding carboxylic acids is 2. The highest BCUT2D eigenvalue weighted by molar-refractivity contribution is 5.90. The van der Waals surface area contributed by atoms with Gasteiger partial charge in [-0.1, -0.05) is 78.9 Å². The lowest BCUT2D eigenvalue weighted by Gasteiger charge is -2.27. The average Bonchev–Trinajstić information content (AvgIpc) is 2.74. The van der Waals surface area contributed by atoms with Crippen LogP contribution in [-0.4, -0.2) is 23.0 Å². The first-order chi connectivity index (χ1) is 13.9. The molecular formula is C23H22N2O4. The Morgan fingerprint density at radius 1 is 0.897 bits per heavy atom. The Labute approximate surface area is 168 Å².